The molecule has 0 aromatic heterocycles. The molecule has 0 aromatic carbocycles. The van der Waals surface area contributed by atoms with Gasteiger partial charge in [-0.2, -0.15) is 0 Å². The van der Waals surface area contributed by atoms with E-state index in [-0.39, 0.29) is 0 Å². The van der Waals surface area contributed by atoms with E-state index in [9.17, 15) is 4.79 Å². The van der Waals surface area contributed by atoms with Crippen LogP contribution < -0.4 is 0 Å². The molecule has 2 aliphatic rings. The second-order valence-corrected chi connectivity index (χ2v) is 7.29. The van der Waals surface area contributed by atoms with E-state index in [1.165, 1.54) is 32.4 Å². The SMILES string of the molecule is CC(C)CCN1CCC(N2CCCC(C)C2)CCC1=O. The molecule has 1 amide bonds. The van der Waals surface area contributed by atoms with Crippen molar-refractivity contribution in [2.75, 3.05) is 26.2 Å². The van der Waals surface area contributed by atoms with Crippen molar-refractivity contribution < 1.29 is 4.79 Å². The largest absolute Gasteiger partial charge is 0.343 e. The molecular weight excluding hydrogens is 248 g/mol. The molecule has 0 bridgehead atoms. The third-order valence-corrected chi connectivity index (χ3v) is 4.96. The van der Waals surface area contributed by atoms with Crippen molar-refractivity contribution >= 4 is 5.91 Å². The van der Waals surface area contributed by atoms with Crippen molar-refractivity contribution in [3.8, 4) is 0 Å². The van der Waals surface area contributed by atoms with Crippen molar-refractivity contribution in [3.05, 3.63) is 0 Å². The fourth-order valence-electron chi connectivity index (χ4n) is 3.60. The van der Waals surface area contributed by atoms with Gasteiger partial charge in [-0.05, 0) is 50.5 Å². The molecule has 0 radical (unpaired) electrons. The smallest absolute Gasteiger partial charge is 0.222 e. The van der Waals surface area contributed by atoms with Gasteiger partial charge in [0.15, 0.2) is 0 Å². The molecule has 2 rings (SSSR count). The molecule has 0 aliphatic carbocycles. The van der Waals surface area contributed by atoms with Crippen LogP contribution in [0.3, 0.4) is 0 Å². The highest BCUT2D eigenvalue weighted by Crippen LogP contribution is 2.24. The Morgan fingerprint density at radius 3 is 2.70 bits per heavy atom. The van der Waals surface area contributed by atoms with Crippen LogP contribution in [0.25, 0.3) is 0 Å². The monoisotopic (exact) mass is 280 g/mol. The molecule has 3 nitrogen and oxygen atoms in total. The Labute approximate surface area is 124 Å². The summed E-state index contributed by atoms with van der Waals surface area (Å²) < 4.78 is 0. The molecule has 2 unspecified atom stereocenters. The lowest BCUT2D eigenvalue weighted by atomic mass is 9.96. The number of carbonyl (C=O) groups excluding carboxylic acids is 1. The maximum Gasteiger partial charge on any atom is 0.222 e. The molecule has 2 saturated heterocycles. The Bertz CT molecular complexity index is 316. The number of likely N-dealkylation sites (tertiary alicyclic amines) is 2. The van der Waals surface area contributed by atoms with E-state index in [4.69, 9.17) is 0 Å². The van der Waals surface area contributed by atoms with Gasteiger partial charge in [0.1, 0.15) is 0 Å². The van der Waals surface area contributed by atoms with Gasteiger partial charge in [-0.15, -0.1) is 0 Å². The summed E-state index contributed by atoms with van der Waals surface area (Å²) in [5, 5.41) is 0. The molecular formula is C17H32N2O. The Balaban J connectivity index is 1.85. The highest BCUT2D eigenvalue weighted by Gasteiger charge is 2.28. The van der Waals surface area contributed by atoms with Crippen molar-refractivity contribution in [2.45, 2.75) is 65.3 Å². The summed E-state index contributed by atoms with van der Waals surface area (Å²) in [5.74, 6) is 1.91. The third kappa shape index (κ3) is 4.47. The predicted octanol–water partition coefficient (Wildman–Crippen LogP) is 3.15. The highest BCUT2D eigenvalue weighted by molar-refractivity contribution is 5.76. The Hall–Kier alpha value is -0.570. The summed E-state index contributed by atoms with van der Waals surface area (Å²) in [6.07, 6.45) is 6.86. The van der Waals surface area contributed by atoms with Gasteiger partial charge in [-0.1, -0.05) is 20.8 Å². The minimum Gasteiger partial charge on any atom is -0.343 e. The van der Waals surface area contributed by atoms with E-state index in [2.05, 4.69) is 30.6 Å². The first kappa shape index (κ1) is 15.8. The average Bonchev–Trinajstić information content (AvgIpc) is 2.58. The molecule has 0 N–H and O–H groups in total. The number of hydrogen-bond acceptors (Lipinski definition) is 2. The Morgan fingerprint density at radius 1 is 1.20 bits per heavy atom. The zero-order chi connectivity index (χ0) is 14.5. The lowest BCUT2D eigenvalue weighted by Crippen LogP contribution is -2.42. The van der Waals surface area contributed by atoms with Crippen LogP contribution in [0, 0.1) is 11.8 Å². The van der Waals surface area contributed by atoms with Crippen molar-refractivity contribution in [1.29, 1.82) is 0 Å². The van der Waals surface area contributed by atoms with Gasteiger partial charge in [0.05, 0.1) is 0 Å². The van der Waals surface area contributed by atoms with Crippen molar-refractivity contribution in [2.24, 2.45) is 11.8 Å². The highest BCUT2D eigenvalue weighted by atomic mass is 16.2. The molecule has 0 aromatic rings. The van der Waals surface area contributed by atoms with Crippen LogP contribution in [-0.2, 0) is 4.79 Å². The first-order valence-corrected chi connectivity index (χ1v) is 8.58. The summed E-state index contributed by atoms with van der Waals surface area (Å²) in [7, 11) is 0. The summed E-state index contributed by atoms with van der Waals surface area (Å²) in [6, 6.07) is 0.644. The first-order valence-electron chi connectivity index (χ1n) is 8.58. The van der Waals surface area contributed by atoms with E-state index in [1.807, 2.05) is 0 Å². The molecule has 3 heteroatoms. The van der Waals surface area contributed by atoms with Crippen LogP contribution in [0.15, 0.2) is 0 Å². The van der Waals surface area contributed by atoms with Crippen LogP contribution >= 0.6 is 0 Å². The Morgan fingerprint density at radius 2 is 2.00 bits per heavy atom. The van der Waals surface area contributed by atoms with Gasteiger partial charge in [0.2, 0.25) is 5.91 Å². The maximum absolute atomic E-state index is 12.2. The molecule has 2 fully saturated rings. The average molecular weight is 280 g/mol. The van der Waals surface area contributed by atoms with Crippen molar-refractivity contribution in [3.63, 3.8) is 0 Å². The zero-order valence-corrected chi connectivity index (χ0v) is 13.6. The number of amides is 1. The van der Waals surface area contributed by atoms with E-state index in [1.54, 1.807) is 0 Å². The van der Waals surface area contributed by atoms with Crippen LogP contribution in [0.2, 0.25) is 0 Å². The molecule has 20 heavy (non-hydrogen) atoms. The van der Waals surface area contributed by atoms with Gasteiger partial charge in [0, 0.05) is 32.1 Å². The van der Waals surface area contributed by atoms with Crippen molar-refractivity contribution in [1.82, 2.24) is 9.80 Å². The van der Waals surface area contributed by atoms with Gasteiger partial charge in [0.25, 0.3) is 0 Å². The number of rotatable bonds is 4. The minimum absolute atomic E-state index is 0.387. The molecule has 2 aliphatic heterocycles. The second kappa shape index (κ2) is 7.44. The maximum atomic E-state index is 12.2. The number of nitrogens with zero attached hydrogens (tertiary/aromatic N) is 2. The number of hydrogen-bond donors (Lipinski definition) is 0. The van der Waals surface area contributed by atoms with Gasteiger partial charge in [-0.25, -0.2) is 0 Å². The van der Waals surface area contributed by atoms with Gasteiger partial charge < -0.3 is 9.80 Å². The fraction of sp³-hybridized carbons (Fsp3) is 0.941. The van der Waals surface area contributed by atoms with E-state index < -0.39 is 0 Å². The number of carbonyl (C=O) groups is 1. The third-order valence-electron chi connectivity index (χ3n) is 4.96. The fourth-order valence-corrected chi connectivity index (χ4v) is 3.60. The quantitative estimate of drug-likeness (QED) is 0.790. The molecule has 2 heterocycles. The summed E-state index contributed by atoms with van der Waals surface area (Å²) in [4.78, 5) is 17.0. The van der Waals surface area contributed by atoms with Crippen LogP contribution in [0.1, 0.15) is 59.3 Å². The zero-order valence-electron chi connectivity index (χ0n) is 13.6. The van der Waals surface area contributed by atoms with Crippen LogP contribution in [0.5, 0.6) is 0 Å². The van der Waals surface area contributed by atoms with Gasteiger partial charge in [-0.3, -0.25) is 4.79 Å². The molecule has 0 saturated carbocycles. The molecule has 116 valence electrons. The summed E-state index contributed by atoms with van der Waals surface area (Å²) in [6.45, 7) is 11.3. The van der Waals surface area contributed by atoms with Gasteiger partial charge >= 0.3 is 0 Å². The number of piperidine rings is 1. The normalized spacial score (nSPS) is 29.8. The predicted molar refractivity (Wildman–Crippen MR) is 83.6 cm³/mol. The van der Waals surface area contributed by atoms with Crippen LogP contribution in [0.4, 0.5) is 0 Å². The van der Waals surface area contributed by atoms with E-state index in [0.29, 0.717) is 17.9 Å². The van der Waals surface area contributed by atoms with E-state index in [0.717, 1.165) is 38.3 Å². The summed E-state index contributed by atoms with van der Waals surface area (Å²) >= 11 is 0. The molecule has 0 spiro atoms. The molecule has 2 atom stereocenters. The topological polar surface area (TPSA) is 23.6 Å². The lowest BCUT2D eigenvalue weighted by Gasteiger charge is -2.37. The van der Waals surface area contributed by atoms with E-state index >= 15 is 0 Å². The first-order chi connectivity index (χ1) is 9.56. The van der Waals surface area contributed by atoms with Crippen LogP contribution in [-0.4, -0.2) is 47.9 Å². The second-order valence-electron chi connectivity index (χ2n) is 7.29. The lowest BCUT2D eigenvalue weighted by molar-refractivity contribution is -0.130. The standard InChI is InChI=1S/C17H32N2O/c1-14(2)8-11-18-12-9-16(6-7-17(18)20)19-10-4-5-15(3)13-19/h14-16H,4-13H2,1-3H3. The Kier molecular flexibility index (Phi) is 5.88. The summed E-state index contributed by atoms with van der Waals surface area (Å²) in [5.41, 5.74) is 0. The minimum atomic E-state index is 0.387.